The second kappa shape index (κ2) is 4.78. The van der Waals surface area contributed by atoms with E-state index in [1.807, 2.05) is 0 Å². The van der Waals surface area contributed by atoms with Crippen LogP contribution in [0.5, 0.6) is 0 Å². The Labute approximate surface area is 110 Å². The molecule has 0 fully saturated rings. The molecule has 0 amide bonds. The fourth-order valence-corrected chi connectivity index (χ4v) is 1.85. The van der Waals surface area contributed by atoms with Gasteiger partial charge in [0.1, 0.15) is 0 Å². The monoisotopic (exact) mass is 347 g/mol. The number of nitro benzene ring substituents is 1. The van der Waals surface area contributed by atoms with E-state index >= 15 is 0 Å². The summed E-state index contributed by atoms with van der Waals surface area (Å²) >= 11 is 2.12. The fourth-order valence-electron chi connectivity index (χ4n) is 1.41. The van der Waals surface area contributed by atoms with Gasteiger partial charge >= 0.3 is 5.69 Å². The molecule has 2 aromatic rings. The van der Waals surface area contributed by atoms with Crippen LogP contribution < -0.4 is 0 Å². The van der Waals surface area contributed by atoms with Crippen LogP contribution in [0.4, 0.5) is 10.1 Å². The number of rotatable bonds is 3. The molecule has 0 spiro atoms. The van der Waals surface area contributed by atoms with Gasteiger partial charge in [-0.05, 0) is 34.2 Å². The lowest BCUT2D eigenvalue weighted by molar-refractivity contribution is -0.387. The number of aromatic nitrogens is 2. The highest BCUT2D eigenvalue weighted by Crippen LogP contribution is 2.18. The summed E-state index contributed by atoms with van der Waals surface area (Å²) in [6, 6.07) is 3.85. The molecule has 17 heavy (non-hydrogen) atoms. The van der Waals surface area contributed by atoms with Gasteiger partial charge in [-0.3, -0.25) is 14.8 Å². The highest BCUT2D eigenvalue weighted by atomic mass is 127. The average molecular weight is 347 g/mol. The SMILES string of the molecule is O=[N+]([O-])c1ccc(Cn2cc(I)cn2)cc1F. The zero-order valence-corrected chi connectivity index (χ0v) is 10.7. The molecular formula is C10H7FIN3O2. The first-order valence-electron chi connectivity index (χ1n) is 4.67. The Morgan fingerprint density at radius 2 is 2.29 bits per heavy atom. The lowest BCUT2D eigenvalue weighted by Gasteiger charge is -2.02. The molecule has 88 valence electrons. The van der Waals surface area contributed by atoms with Crippen LogP contribution in [0.15, 0.2) is 30.6 Å². The minimum absolute atomic E-state index is 0.387. The van der Waals surface area contributed by atoms with Crippen molar-refractivity contribution in [1.29, 1.82) is 0 Å². The van der Waals surface area contributed by atoms with E-state index in [1.165, 1.54) is 12.1 Å². The van der Waals surface area contributed by atoms with Gasteiger partial charge in [0.2, 0.25) is 5.82 Å². The quantitative estimate of drug-likeness (QED) is 0.487. The molecule has 0 atom stereocenters. The predicted octanol–water partition coefficient (Wildman–Crippen LogP) is 2.58. The van der Waals surface area contributed by atoms with Crippen LogP contribution >= 0.6 is 22.6 Å². The first kappa shape index (κ1) is 12.0. The van der Waals surface area contributed by atoms with Crippen LogP contribution in [-0.4, -0.2) is 14.7 Å². The summed E-state index contributed by atoms with van der Waals surface area (Å²) in [6.45, 7) is 0.387. The number of hydrogen-bond acceptors (Lipinski definition) is 3. The summed E-state index contributed by atoms with van der Waals surface area (Å²) in [5.41, 5.74) is 0.122. The van der Waals surface area contributed by atoms with Crippen molar-refractivity contribution in [3.63, 3.8) is 0 Å². The van der Waals surface area contributed by atoms with Crippen molar-refractivity contribution in [3.05, 3.63) is 55.7 Å². The van der Waals surface area contributed by atoms with E-state index < -0.39 is 16.4 Å². The van der Waals surface area contributed by atoms with Crippen LogP contribution in [0, 0.1) is 19.5 Å². The molecule has 7 heteroatoms. The van der Waals surface area contributed by atoms with Crippen molar-refractivity contribution in [2.24, 2.45) is 0 Å². The Morgan fingerprint density at radius 3 is 2.82 bits per heavy atom. The standard InChI is InChI=1S/C10H7FIN3O2/c11-9-3-7(1-2-10(9)15(16)17)5-14-6-8(12)4-13-14/h1-4,6H,5H2. The molecule has 0 bridgehead atoms. The number of halogens is 2. The molecule has 1 aromatic carbocycles. The number of nitro groups is 1. The van der Waals surface area contributed by atoms with Crippen molar-refractivity contribution >= 4 is 28.3 Å². The van der Waals surface area contributed by atoms with E-state index in [4.69, 9.17) is 0 Å². The Morgan fingerprint density at radius 1 is 1.53 bits per heavy atom. The highest BCUT2D eigenvalue weighted by Gasteiger charge is 2.13. The molecule has 0 saturated heterocycles. The molecule has 0 N–H and O–H groups in total. The van der Waals surface area contributed by atoms with E-state index in [-0.39, 0.29) is 0 Å². The van der Waals surface area contributed by atoms with Gasteiger partial charge in [0, 0.05) is 12.3 Å². The summed E-state index contributed by atoms with van der Waals surface area (Å²) in [4.78, 5) is 9.70. The molecule has 0 unspecified atom stereocenters. The molecule has 0 saturated carbocycles. The number of benzene rings is 1. The van der Waals surface area contributed by atoms with Crippen LogP contribution in [-0.2, 0) is 6.54 Å². The molecule has 2 rings (SSSR count). The molecule has 1 aromatic heterocycles. The smallest absolute Gasteiger partial charge is 0.267 e. The lowest BCUT2D eigenvalue weighted by Crippen LogP contribution is -2.01. The maximum absolute atomic E-state index is 13.3. The lowest BCUT2D eigenvalue weighted by atomic mass is 10.2. The van der Waals surface area contributed by atoms with E-state index in [2.05, 4.69) is 27.7 Å². The second-order valence-corrected chi connectivity index (χ2v) is 4.64. The minimum Gasteiger partial charge on any atom is -0.267 e. The highest BCUT2D eigenvalue weighted by molar-refractivity contribution is 14.1. The molecule has 0 aliphatic carbocycles. The van der Waals surface area contributed by atoms with E-state index in [9.17, 15) is 14.5 Å². The van der Waals surface area contributed by atoms with E-state index in [0.29, 0.717) is 12.1 Å². The van der Waals surface area contributed by atoms with Gasteiger partial charge in [0.05, 0.1) is 21.2 Å². The zero-order chi connectivity index (χ0) is 12.4. The second-order valence-electron chi connectivity index (χ2n) is 3.40. The van der Waals surface area contributed by atoms with Crippen molar-refractivity contribution in [2.45, 2.75) is 6.54 Å². The summed E-state index contributed by atoms with van der Waals surface area (Å²) in [5, 5.41) is 14.5. The Hall–Kier alpha value is -1.51. The summed E-state index contributed by atoms with van der Waals surface area (Å²) in [5.74, 6) is -0.825. The third-order valence-corrected chi connectivity index (χ3v) is 2.71. The van der Waals surface area contributed by atoms with Gasteiger partial charge in [0.25, 0.3) is 0 Å². The van der Waals surface area contributed by atoms with Gasteiger partial charge in [-0.2, -0.15) is 9.49 Å². The third-order valence-electron chi connectivity index (χ3n) is 2.16. The minimum atomic E-state index is -0.825. The third kappa shape index (κ3) is 2.78. The van der Waals surface area contributed by atoms with Crippen molar-refractivity contribution in [3.8, 4) is 0 Å². The van der Waals surface area contributed by atoms with Gasteiger partial charge < -0.3 is 0 Å². The normalized spacial score (nSPS) is 10.5. The van der Waals surface area contributed by atoms with Gasteiger partial charge in [0.15, 0.2) is 0 Å². The summed E-state index contributed by atoms with van der Waals surface area (Å²) in [6.07, 6.45) is 3.49. The number of nitrogens with zero attached hydrogens (tertiary/aromatic N) is 3. The predicted molar refractivity (Wildman–Crippen MR) is 67.1 cm³/mol. The average Bonchev–Trinajstić information content (AvgIpc) is 2.63. The van der Waals surface area contributed by atoms with Crippen molar-refractivity contribution in [2.75, 3.05) is 0 Å². The Balaban J connectivity index is 2.23. The Kier molecular flexibility index (Phi) is 3.36. The maximum Gasteiger partial charge on any atom is 0.304 e. The molecule has 1 heterocycles. The molecule has 0 aliphatic heterocycles. The largest absolute Gasteiger partial charge is 0.304 e. The molecule has 0 radical (unpaired) electrons. The molecule has 0 aliphatic rings. The fraction of sp³-hybridized carbons (Fsp3) is 0.100. The van der Waals surface area contributed by atoms with Crippen LogP contribution in [0.1, 0.15) is 5.56 Å². The first-order valence-corrected chi connectivity index (χ1v) is 5.75. The van der Waals surface area contributed by atoms with Crippen LogP contribution in [0.25, 0.3) is 0 Å². The van der Waals surface area contributed by atoms with Gasteiger partial charge in [-0.25, -0.2) is 0 Å². The Bertz CT molecular complexity index is 570. The zero-order valence-electron chi connectivity index (χ0n) is 8.51. The van der Waals surface area contributed by atoms with Crippen molar-refractivity contribution in [1.82, 2.24) is 9.78 Å². The van der Waals surface area contributed by atoms with Gasteiger partial charge in [-0.15, -0.1) is 0 Å². The summed E-state index contributed by atoms with van der Waals surface area (Å²) in [7, 11) is 0. The topological polar surface area (TPSA) is 61.0 Å². The first-order chi connectivity index (χ1) is 8.06. The maximum atomic E-state index is 13.3. The van der Waals surface area contributed by atoms with Crippen LogP contribution in [0.3, 0.4) is 0 Å². The molecule has 5 nitrogen and oxygen atoms in total. The van der Waals surface area contributed by atoms with E-state index in [0.717, 1.165) is 9.64 Å². The van der Waals surface area contributed by atoms with Crippen LogP contribution in [0.2, 0.25) is 0 Å². The number of hydrogen-bond donors (Lipinski definition) is 0. The molecular weight excluding hydrogens is 340 g/mol. The summed E-state index contributed by atoms with van der Waals surface area (Å²) < 4.78 is 16.0. The van der Waals surface area contributed by atoms with E-state index in [1.54, 1.807) is 17.1 Å². The van der Waals surface area contributed by atoms with Crippen molar-refractivity contribution < 1.29 is 9.31 Å². The van der Waals surface area contributed by atoms with Gasteiger partial charge in [-0.1, -0.05) is 6.07 Å².